The fraction of sp³-hybridized carbons (Fsp3) is 0.368. The van der Waals surface area contributed by atoms with E-state index in [0.717, 1.165) is 25.5 Å². The van der Waals surface area contributed by atoms with E-state index in [1.807, 2.05) is 11.4 Å². The molecule has 5 nitrogen and oxygen atoms in total. The molecular weight excluding hydrogens is 391 g/mol. The van der Waals surface area contributed by atoms with Crippen LogP contribution in [-0.2, 0) is 9.59 Å². The highest BCUT2D eigenvalue weighted by atomic mass is 32.1. The van der Waals surface area contributed by atoms with E-state index in [0.29, 0.717) is 6.07 Å². The summed E-state index contributed by atoms with van der Waals surface area (Å²) >= 11 is 1.61. The van der Waals surface area contributed by atoms with Crippen LogP contribution < -0.4 is 10.6 Å². The van der Waals surface area contributed by atoms with Crippen LogP contribution in [0.1, 0.15) is 31.4 Å². The van der Waals surface area contributed by atoms with E-state index in [-0.39, 0.29) is 11.9 Å². The largest absolute Gasteiger partial charge is 0.346 e. The second kappa shape index (κ2) is 8.74. The number of hydrogen-bond acceptors (Lipinski definition) is 4. The Labute approximate surface area is 164 Å². The van der Waals surface area contributed by atoms with Crippen molar-refractivity contribution in [3.05, 3.63) is 52.0 Å². The zero-order valence-corrected chi connectivity index (χ0v) is 16.0. The molecule has 0 spiro atoms. The van der Waals surface area contributed by atoms with E-state index < -0.39 is 41.6 Å². The summed E-state index contributed by atoms with van der Waals surface area (Å²) in [6.45, 7) is 2.15. The molecule has 150 valence electrons. The highest BCUT2D eigenvalue weighted by Gasteiger charge is 2.33. The maximum absolute atomic E-state index is 13.6. The van der Waals surface area contributed by atoms with Gasteiger partial charge in [0.15, 0.2) is 17.5 Å². The molecule has 1 aromatic carbocycles. The number of benzene rings is 1. The first-order valence-electron chi connectivity index (χ1n) is 8.87. The number of rotatable bonds is 6. The Kier molecular flexibility index (Phi) is 6.35. The second-order valence-electron chi connectivity index (χ2n) is 6.62. The standard InChI is InChI=1S/C19H20F3N3O2S/c1-11(25-7-2-3-15(25)12-6-8-28-10-12)19(27)23-9-16(26)24-14-5-4-13(20)17(21)18(14)22/h4-6,8,10-11,15H,2-3,7,9H2,1H3,(H,23,27)(H,24,26). The zero-order chi connectivity index (χ0) is 20.3. The molecule has 0 saturated carbocycles. The van der Waals surface area contributed by atoms with Crippen LogP contribution >= 0.6 is 11.3 Å². The molecule has 2 N–H and O–H groups in total. The van der Waals surface area contributed by atoms with Crippen LogP contribution in [0.2, 0.25) is 0 Å². The van der Waals surface area contributed by atoms with Crippen LogP contribution in [0.3, 0.4) is 0 Å². The van der Waals surface area contributed by atoms with Gasteiger partial charge < -0.3 is 10.6 Å². The predicted molar refractivity (Wildman–Crippen MR) is 100 cm³/mol. The smallest absolute Gasteiger partial charge is 0.243 e. The minimum absolute atomic E-state index is 0.164. The first kappa shape index (κ1) is 20.3. The average Bonchev–Trinajstić information content (AvgIpc) is 3.37. The van der Waals surface area contributed by atoms with Gasteiger partial charge >= 0.3 is 0 Å². The van der Waals surface area contributed by atoms with Gasteiger partial charge in [-0.1, -0.05) is 0 Å². The maximum Gasteiger partial charge on any atom is 0.243 e. The van der Waals surface area contributed by atoms with Gasteiger partial charge in [0.25, 0.3) is 0 Å². The van der Waals surface area contributed by atoms with Crippen molar-refractivity contribution in [2.75, 3.05) is 18.4 Å². The van der Waals surface area contributed by atoms with E-state index in [1.54, 1.807) is 18.3 Å². The third kappa shape index (κ3) is 4.36. The lowest BCUT2D eigenvalue weighted by atomic mass is 10.1. The molecule has 1 aliphatic rings. The summed E-state index contributed by atoms with van der Waals surface area (Å²) in [5.41, 5.74) is 0.692. The third-order valence-corrected chi connectivity index (χ3v) is 5.53. The fourth-order valence-electron chi connectivity index (χ4n) is 3.36. The van der Waals surface area contributed by atoms with Gasteiger partial charge in [-0.05, 0) is 60.8 Å². The summed E-state index contributed by atoms with van der Waals surface area (Å²) in [6, 6.07) is 3.40. The number of hydrogen-bond donors (Lipinski definition) is 2. The summed E-state index contributed by atoms with van der Waals surface area (Å²) in [5, 5.41) is 8.70. The van der Waals surface area contributed by atoms with Crippen LogP contribution in [0, 0.1) is 17.5 Å². The van der Waals surface area contributed by atoms with Gasteiger partial charge in [0, 0.05) is 6.04 Å². The normalized spacial score (nSPS) is 18.1. The molecule has 2 heterocycles. The van der Waals surface area contributed by atoms with E-state index in [2.05, 4.69) is 20.9 Å². The molecule has 28 heavy (non-hydrogen) atoms. The molecule has 9 heteroatoms. The van der Waals surface area contributed by atoms with Crippen molar-refractivity contribution >= 4 is 28.8 Å². The van der Waals surface area contributed by atoms with Crippen molar-refractivity contribution in [2.24, 2.45) is 0 Å². The van der Waals surface area contributed by atoms with Gasteiger partial charge in [0.05, 0.1) is 18.3 Å². The molecule has 1 fully saturated rings. The number of carbonyl (C=O) groups is 2. The van der Waals surface area contributed by atoms with Crippen LogP contribution in [0.5, 0.6) is 0 Å². The molecule has 2 aromatic rings. The van der Waals surface area contributed by atoms with Crippen LogP contribution in [0.4, 0.5) is 18.9 Å². The van der Waals surface area contributed by atoms with Crippen molar-refractivity contribution < 1.29 is 22.8 Å². The summed E-state index contributed by atoms with van der Waals surface area (Å²) < 4.78 is 39.8. The van der Waals surface area contributed by atoms with E-state index in [9.17, 15) is 22.8 Å². The van der Waals surface area contributed by atoms with Crippen LogP contribution in [-0.4, -0.2) is 35.8 Å². The van der Waals surface area contributed by atoms with Crippen molar-refractivity contribution in [3.63, 3.8) is 0 Å². The van der Waals surface area contributed by atoms with Crippen molar-refractivity contribution in [2.45, 2.75) is 31.8 Å². The summed E-state index contributed by atoms with van der Waals surface area (Å²) in [4.78, 5) is 26.5. The molecule has 3 rings (SSSR count). The molecule has 2 atom stereocenters. The molecule has 2 amide bonds. The van der Waals surface area contributed by atoms with Gasteiger partial charge in [-0.25, -0.2) is 13.2 Å². The minimum atomic E-state index is -1.66. The topological polar surface area (TPSA) is 61.4 Å². The number of halogens is 3. The number of nitrogens with zero attached hydrogens (tertiary/aromatic N) is 1. The molecule has 1 saturated heterocycles. The summed E-state index contributed by atoms with van der Waals surface area (Å²) in [7, 11) is 0. The second-order valence-corrected chi connectivity index (χ2v) is 7.40. The number of nitrogens with one attached hydrogen (secondary N) is 2. The Balaban J connectivity index is 1.55. The summed E-state index contributed by atoms with van der Waals surface area (Å²) in [6.07, 6.45) is 1.94. The summed E-state index contributed by atoms with van der Waals surface area (Å²) in [5.74, 6) is -5.56. The highest BCUT2D eigenvalue weighted by Crippen LogP contribution is 2.34. The van der Waals surface area contributed by atoms with Crippen molar-refractivity contribution in [1.82, 2.24) is 10.2 Å². The average molecular weight is 411 g/mol. The predicted octanol–water partition coefficient (Wildman–Crippen LogP) is 3.45. The molecule has 2 unspecified atom stereocenters. The quantitative estimate of drug-likeness (QED) is 0.716. The number of thiophene rings is 1. The van der Waals surface area contributed by atoms with Crippen LogP contribution in [0.25, 0.3) is 0 Å². The number of amides is 2. The Bertz CT molecular complexity index is 860. The molecular formula is C19H20F3N3O2S. The Morgan fingerprint density at radius 1 is 1.25 bits per heavy atom. The Morgan fingerprint density at radius 3 is 2.75 bits per heavy atom. The van der Waals surface area contributed by atoms with E-state index in [1.165, 1.54) is 5.56 Å². The lowest BCUT2D eigenvalue weighted by Crippen LogP contribution is -2.46. The number of likely N-dealkylation sites (tertiary alicyclic amines) is 1. The van der Waals surface area contributed by atoms with Gasteiger partial charge in [-0.15, -0.1) is 0 Å². The minimum Gasteiger partial charge on any atom is -0.346 e. The molecule has 0 radical (unpaired) electrons. The third-order valence-electron chi connectivity index (χ3n) is 4.83. The van der Waals surface area contributed by atoms with Crippen molar-refractivity contribution in [1.29, 1.82) is 0 Å². The fourth-order valence-corrected chi connectivity index (χ4v) is 4.06. The first-order chi connectivity index (χ1) is 13.4. The lowest BCUT2D eigenvalue weighted by Gasteiger charge is -2.29. The highest BCUT2D eigenvalue weighted by molar-refractivity contribution is 7.07. The Hall–Kier alpha value is -2.39. The Morgan fingerprint density at radius 2 is 2.04 bits per heavy atom. The molecule has 1 aliphatic heterocycles. The first-order valence-corrected chi connectivity index (χ1v) is 9.81. The van der Waals surface area contributed by atoms with Gasteiger partial charge in [-0.2, -0.15) is 11.3 Å². The van der Waals surface area contributed by atoms with Gasteiger partial charge in [-0.3, -0.25) is 14.5 Å². The SMILES string of the molecule is CC(C(=O)NCC(=O)Nc1ccc(F)c(F)c1F)N1CCCC1c1ccsc1. The van der Waals surface area contributed by atoms with Gasteiger partial charge in [0.1, 0.15) is 0 Å². The van der Waals surface area contributed by atoms with E-state index in [4.69, 9.17) is 0 Å². The van der Waals surface area contributed by atoms with E-state index >= 15 is 0 Å². The van der Waals surface area contributed by atoms with Gasteiger partial charge in [0.2, 0.25) is 11.8 Å². The molecule has 0 aliphatic carbocycles. The van der Waals surface area contributed by atoms with Crippen LogP contribution in [0.15, 0.2) is 29.0 Å². The maximum atomic E-state index is 13.6. The lowest BCUT2D eigenvalue weighted by molar-refractivity contribution is -0.128. The molecule has 0 bridgehead atoms. The van der Waals surface area contributed by atoms with Crippen molar-refractivity contribution in [3.8, 4) is 0 Å². The number of carbonyl (C=O) groups excluding carboxylic acids is 2. The zero-order valence-electron chi connectivity index (χ0n) is 15.2. The number of anilines is 1. The molecule has 1 aromatic heterocycles. The monoisotopic (exact) mass is 411 g/mol.